The first-order chi connectivity index (χ1) is 17.4. The van der Waals surface area contributed by atoms with Gasteiger partial charge in [0.1, 0.15) is 22.9 Å². The van der Waals surface area contributed by atoms with Crippen LogP contribution in [0.2, 0.25) is 10.0 Å². The van der Waals surface area contributed by atoms with Crippen LogP contribution in [0.4, 0.5) is 5.00 Å². The summed E-state index contributed by atoms with van der Waals surface area (Å²) in [5.74, 6) is 0.349. The summed E-state index contributed by atoms with van der Waals surface area (Å²) in [7, 11) is 3.09. The van der Waals surface area contributed by atoms with Gasteiger partial charge < -0.3 is 19.4 Å². The number of nitrogens with zero attached hydrogens (tertiary/aromatic N) is 3. The lowest BCUT2D eigenvalue weighted by atomic mass is 10.0. The maximum absolute atomic E-state index is 12.7. The zero-order valence-electron chi connectivity index (χ0n) is 19.2. The second-order valence-electron chi connectivity index (χ2n) is 7.37. The van der Waals surface area contributed by atoms with E-state index in [0.717, 1.165) is 5.56 Å². The lowest BCUT2D eigenvalue weighted by molar-refractivity contribution is -0.113. The molecule has 0 spiro atoms. The summed E-state index contributed by atoms with van der Waals surface area (Å²) in [6, 6.07) is 14.2. The van der Waals surface area contributed by atoms with Gasteiger partial charge in [-0.25, -0.2) is 4.79 Å². The molecule has 186 valence electrons. The van der Waals surface area contributed by atoms with Gasteiger partial charge in [-0.05, 0) is 29.8 Å². The van der Waals surface area contributed by atoms with Crippen molar-refractivity contribution in [2.45, 2.75) is 11.8 Å². The molecule has 36 heavy (non-hydrogen) atoms. The average molecular weight is 563 g/mol. The Morgan fingerprint density at radius 3 is 2.58 bits per heavy atom. The number of benzene rings is 2. The highest BCUT2D eigenvalue weighted by Crippen LogP contribution is 2.36. The van der Waals surface area contributed by atoms with Gasteiger partial charge in [-0.1, -0.05) is 59.2 Å². The number of esters is 1. The number of hydrogen-bond donors (Lipinski definition) is 1. The second-order valence-corrected chi connectivity index (χ2v) is 10.0. The van der Waals surface area contributed by atoms with Crippen molar-refractivity contribution in [3.8, 4) is 16.9 Å². The molecule has 0 aliphatic rings. The van der Waals surface area contributed by atoms with E-state index in [4.69, 9.17) is 32.7 Å². The fraction of sp³-hybridized carbons (Fsp3) is 0.167. The van der Waals surface area contributed by atoms with Gasteiger partial charge in [-0.15, -0.1) is 21.5 Å². The topological polar surface area (TPSA) is 95.3 Å². The standard InChI is InChI=1S/C24H20Cl2N4O4S2/c1-30-19(11-34-18-6-4-3-5-17(18)26)28-29-24(30)36-13-20(31)27-22-21(23(32)33-2)16(12-35-22)14-7-9-15(25)10-8-14/h3-10,12H,11,13H2,1-2H3,(H,27,31). The van der Waals surface area contributed by atoms with Crippen molar-refractivity contribution in [1.29, 1.82) is 0 Å². The van der Waals surface area contributed by atoms with Crippen LogP contribution >= 0.6 is 46.3 Å². The number of anilines is 1. The van der Waals surface area contributed by atoms with Gasteiger partial charge in [-0.2, -0.15) is 0 Å². The van der Waals surface area contributed by atoms with Gasteiger partial charge in [0.05, 0.1) is 17.9 Å². The lowest BCUT2D eigenvalue weighted by Gasteiger charge is -2.09. The predicted molar refractivity (Wildman–Crippen MR) is 142 cm³/mol. The van der Waals surface area contributed by atoms with E-state index in [2.05, 4.69) is 15.5 Å². The van der Waals surface area contributed by atoms with Gasteiger partial charge >= 0.3 is 5.97 Å². The molecular weight excluding hydrogens is 543 g/mol. The van der Waals surface area contributed by atoms with Crippen molar-refractivity contribution in [1.82, 2.24) is 14.8 Å². The van der Waals surface area contributed by atoms with Crippen molar-refractivity contribution in [3.63, 3.8) is 0 Å². The van der Waals surface area contributed by atoms with Gasteiger partial charge in [0.25, 0.3) is 0 Å². The van der Waals surface area contributed by atoms with Gasteiger partial charge in [0.15, 0.2) is 11.0 Å². The molecule has 1 amide bonds. The third kappa shape index (κ3) is 6.01. The van der Waals surface area contributed by atoms with Crippen LogP contribution in [0.1, 0.15) is 16.2 Å². The van der Waals surface area contributed by atoms with Crippen molar-refractivity contribution in [2.75, 3.05) is 18.2 Å². The van der Waals surface area contributed by atoms with Crippen LogP contribution in [0.3, 0.4) is 0 Å². The number of para-hydroxylation sites is 1. The fourth-order valence-electron chi connectivity index (χ4n) is 3.19. The largest absolute Gasteiger partial charge is 0.484 e. The van der Waals surface area contributed by atoms with Crippen LogP contribution < -0.4 is 10.1 Å². The maximum Gasteiger partial charge on any atom is 0.341 e. The number of halogens is 2. The van der Waals surface area contributed by atoms with E-state index in [1.54, 1.807) is 53.4 Å². The van der Waals surface area contributed by atoms with Crippen LogP contribution in [-0.2, 0) is 23.2 Å². The molecule has 0 atom stereocenters. The molecule has 2 heterocycles. The smallest absolute Gasteiger partial charge is 0.341 e. The number of hydrogen-bond acceptors (Lipinski definition) is 8. The van der Waals surface area contributed by atoms with E-state index in [1.807, 2.05) is 12.1 Å². The van der Waals surface area contributed by atoms with Crippen LogP contribution in [0.25, 0.3) is 11.1 Å². The van der Waals surface area contributed by atoms with Crippen molar-refractivity contribution in [2.24, 2.45) is 7.05 Å². The van der Waals surface area contributed by atoms with Gasteiger partial charge in [0.2, 0.25) is 5.91 Å². The average Bonchev–Trinajstić information content (AvgIpc) is 3.45. The van der Waals surface area contributed by atoms with Crippen LogP contribution in [0.15, 0.2) is 59.1 Å². The summed E-state index contributed by atoms with van der Waals surface area (Å²) in [4.78, 5) is 25.2. The number of methoxy groups -OCH3 is 1. The fourth-order valence-corrected chi connectivity index (χ4v) is 5.21. The molecule has 0 saturated heterocycles. The highest BCUT2D eigenvalue weighted by molar-refractivity contribution is 7.99. The van der Waals surface area contributed by atoms with Gasteiger partial charge in [0, 0.05) is 23.0 Å². The summed E-state index contributed by atoms with van der Waals surface area (Å²) < 4.78 is 12.4. The van der Waals surface area contributed by atoms with E-state index >= 15 is 0 Å². The SMILES string of the molecule is COC(=O)c1c(-c2ccc(Cl)cc2)csc1NC(=O)CSc1nnc(COc2ccccc2Cl)n1C. The quantitative estimate of drug-likeness (QED) is 0.199. The zero-order valence-corrected chi connectivity index (χ0v) is 22.3. The number of nitrogens with one attached hydrogen (secondary N) is 1. The number of carbonyl (C=O) groups is 2. The Hall–Kier alpha value is -3.05. The number of aromatic nitrogens is 3. The Labute approximate surface area is 225 Å². The third-order valence-electron chi connectivity index (χ3n) is 5.04. The molecule has 0 unspecified atom stereocenters. The first-order valence-electron chi connectivity index (χ1n) is 10.5. The molecule has 0 radical (unpaired) electrons. The highest BCUT2D eigenvalue weighted by atomic mass is 35.5. The minimum Gasteiger partial charge on any atom is -0.484 e. The molecule has 2 aromatic heterocycles. The molecule has 4 aromatic rings. The normalized spacial score (nSPS) is 10.8. The third-order valence-corrected chi connectivity index (χ3v) is 7.52. The summed E-state index contributed by atoms with van der Waals surface area (Å²) >= 11 is 14.6. The van der Waals surface area contributed by atoms with E-state index in [-0.39, 0.29) is 18.3 Å². The molecule has 0 aliphatic carbocycles. The Kier molecular flexibility index (Phi) is 8.52. The Bertz CT molecular complexity index is 1390. The molecule has 8 nitrogen and oxygen atoms in total. The molecule has 4 rings (SSSR count). The monoisotopic (exact) mass is 562 g/mol. The predicted octanol–water partition coefficient (Wildman–Crippen LogP) is 5.95. The van der Waals surface area contributed by atoms with Crippen LogP contribution in [-0.4, -0.2) is 39.5 Å². The molecule has 1 N–H and O–H groups in total. The van der Waals surface area contributed by atoms with E-state index in [9.17, 15) is 9.59 Å². The summed E-state index contributed by atoms with van der Waals surface area (Å²) in [6.45, 7) is 0.172. The molecule has 2 aromatic carbocycles. The summed E-state index contributed by atoms with van der Waals surface area (Å²) in [6.07, 6.45) is 0. The number of carbonyl (C=O) groups excluding carboxylic acids is 2. The first kappa shape index (κ1) is 26.0. The molecule has 0 fully saturated rings. The first-order valence-corrected chi connectivity index (χ1v) is 13.1. The number of ether oxygens (including phenoxy) is 2. The molecule has 0 aliphatic heterocycles. The van der Waals surface area contributed by atoms with Crippen molar-refractivity contribution >= 4 is 63.2 Å². The maximum atomic E-state index is 12.7. The van der Waals surface area contributed by atoms with Crippen molar-refractivity contribution < 1.29 is 19.1 Å². The number of amides is 1. The summed E-state index contributed by atoms with van der Waals surface area (Å²) in [5, 5.41) is 14.9. The van der Waals surface area contributed by atoms with Crippen LogP contribution in [0, 0.1) is 0 Å². The second kappa shape index (κ2) is 11.8. The number of thiophene rings is 1. The zero-order chi connectivity index (χ0) is 25.7. The van der Waals surface area contributed by atoms with Gasteiger partial charge in [-0.3, -0.25) is 4.79 Å². The molecule has 12 heteroatoms. The molecule has 0 bridgehead atoms. The number of thioether (sulfide) groups is 1. The van der Waals surface area contributed by atoms with E-state index in [0.29, 0.717) is 42.9 Å². The summed E-state index contributed by atoms with van der Waals surface area (Å²) in [5.41, 5.74) is 1.74. The van der Waals surface area contributed by atoms with Crippen LogP contribution in [0.5, 0.6) is 5.75 Å². The highest BCUT2D eigenvalue weighted by Gasteiger charge is 2.23. The molecular formula is C24H20Cl2N4O4S2. The molecule has 0 saturated carbocycles. The minimum atomic E-state index is -0.541. The van der Waals surface area contributed by atoms with E-state index in [1.165, 1.54) is 30.2 Å². The Morgan fingerprint density at radius 2 is 1.86 bits per heavy atom. The van der Waals surface area contributed by atoms with Crippen molar-refractivity contribution in [3.05, 3.63) is 75.3 Å². The number of rotatable bonds is 9. The Morgan fingerprint density at radius 1 is 1.11 bits per heavy atom. The Balaban J connectivity index is 1.40. The lowest BCUT2D eigenvalue weighted by Crippen LogP contribution is -2.16. The van der Waals surface area contributed by atoms with E-state index < -0.39 is 5.97 Å². The minimum absolute atomic E-state index is 0.0616.